The van der Waals surface area contributed by atoms with Crippen molar-refractivity contribution in [2.45, 2.75) is 72.3 Å². The van der Waals surface area contributed by atoms with Gasteiger partial charge in [-0.3, -0.25) is 0 Å². The van der Waals surface area contributed by atoms with Gasteiger partial charge in [0.15, 0.2) is 0 Å². The first-order valence-corrected chi connectivity index (χ1v) is 6.59. The summed E-state index contributed by atoms with van der Waals surface area (Å²) in [5.74, 6) is 0. The Morgan fingerprint density at radius 3 is 2.31 bits per heavy atom. The highest BCUT2D eigenvalue weighted by atomic mass is 16.3. The van der Waals surface area contributed by atoms with Crippen LogP contribution in [0, 0.1) is 10.8 Å². The number of aliphatic hydroxyl groups is 1. The minimum absolute atomic E-state index is 0.202. The van der Waals surface area contributed by atoms with Gasteiger partial charge in [0.25, 0.3) is 0 Å². The molecule has 0 heterocycles. The smallest absolute Gasteiger partial charge is 0.0841 e. The Labute approximate surface area is 99.9 Å². The molecule has 0 spiro atoms. The third-order valence-corrected chi connectivity index (χ3v) is 4.36. The lowest BCUT2D eigenvalue weighted by Crippen LogP contribution is -2.45. The predicted octanol–water partition coefficient (Wildman–Crippen LogP) is 4.06. The van der Waals surface area contributed by atoms with Crippen LogP contribution in [0.5, 0.6) is 0 Å². The van der Waals surface area contributed by atoms with Gasteiger partial charge in [0.05, 0.1) is 5.60 Å². The molecule has 1 nitrogen and oxygen atoms in total. The summed E-state index contributed by atoms with van der Waals surface area (Å²) >= 11 is 0. The Kier molecular flexibility index (Phi) is 2.55. The normalized spacial score (nSPS) is 37.1. The standard InChI is InChI=1S/C15H26O/c1-13(2)9-11-7-6-8-14(3,4)12(11)15(5,16)10-13/h16H,6-10H2,1-5H3. The molecule has 2 rings (SSSR count). The van der Waals surface area contributed by atoms with Crippen LogP contribution in [0.25, 0.3) is 0 Å². The predicted molar refractivity (Wildman–Crippen MR) is 68.3 cm³/mol. The summed E-state index contributed by atoms with van der Waals surface area (Å²) in [5, 5.41) is 10.8. The number of allylic oxidation sites excluding steroid dienone is 1. The quantitative estimate of drug-likeness (QED) is 0.613. The maximum atomic E-state index is 10.8. The molecule has 1 N–H and O–H groups in total. The van der Waals surface area contributed by atoms with Crippen molar-refractivity contribution in [3.05, 3.63) is 11.1 Å². The first kappa shape index (κ1) is 12.2. The fourth-order valence-corrected chi connectivity index (χ4v) is 4.42. The molecule has 0 aromatic heterocycles. The van der Waals surface area contributed by atoms with Crippen molar-refractivity contribution < 1.29 is 5.11 Å². The van der Waals surface area contributed by atoms with E-state index in [4.69, 9.17) is 0 Å². The molecule has 1 heteroatoms. The van der Waals surface area contributed by atoms with Crippen LogP contribution in [0.4, 0.5) is 0 Å². The molecular formula is C15H26O. The number of hydrogen-bond donors (Lipinski definition) is 1. The van der Waals surface area contributed by atoms with Gasteiger partial charge in [-0.25, -0.2) is 0 Å². The van der Waals surface area contributed by atoms with Crippen molar-refractivity contribution in [2.75, 3.05) is 0 Å². The van der Waals surface area contributed by atoms with Crippen LogP contribution in [0.1, 0.15) is 66.7 Å². The van der Waals surface area contributed by atoms with Crippen LogP contribution in [0.3, 0.4) is 0 Å². The summed E-state index contributed by atoms with van der Waals surface area (Å²) in [6, 6.07) is 0. The van der Waals surface area contributed by atoms with E-state index in [1.165, 1.54) is 31.3 Å². The molecule has 0 fully saturated rings. The molecule has 0 aromatic carbocycles. The van der Waals surface area contributed by atoms with Crippen molar-refractivity contribution in [3.63, 3.8) is 0 Å². The van der Waals surface area contributed by atoms with Crippen molar-refractivity contribution >= 4 is 0 Å². The van der Waals surface area contributed by atoms with Crippen molar-refractivity contribution in [1.29, 1.82) is 0 Å². The third-order valence-electron chi connectivity index (χ3n) is 4.36. The molecule has 1 atom stereocenters. The molecule has 2 aliphatic carbocycles. The molecule has 0 saturated heterocycles. The van der Waals surface area contributed by atoms with Gasteiger partial charge in [0.1, 0.15) is 0 Å². The summed E-state index contributed by atoms with van der Waals surface area (Å²) in [6.45, 7) is 11.2. The number of rotatable bonds is 0. The van der Waals surface area contributed by atoms with Gasteiger partial charge in [-0.15, -0.1) is 0 Å². The van der Waals surface area contributed by atoms with E-state index in [1.54, 1.807) is 5.57 Å². The molecule has 0 bridgehead atoms. The second kappa shape index (κ2) is 3.35. The molecule has 0 aromatic rings. The molecule has 92 valence electrons. The van der Waals surface area contributed by atoms with Gasteiger partial charge in [0.2, 0.25) is 0 Å². The lowest BCUT2D eigenvalue weighted by Gasteiger charge is -2.50. The highest BCUT2D eigenvalue weighted by Gasteiger charge is 2.47. The van der Waals surface area contributed by atoms with E-state index in [0.717, 1.165) is 6.42 Å². The summed E-state index contributed by atoms with van der Waals surface area (Å²) < 4.78 is 0. The topological polar surface area (TPSA) is 20.2 Å². The second-order valence-corrected chi connectivity index (χ2v) is 7.51. The summed E-state index contributed by atoms with van der Waals surface area (Å²) in [5.41, 5.74) is 2.80. The lowest BCUT2D eigenvalue weighted by molar-refractivity contribution is 0.0107. The molecule has 0 amide bonds. The molecule has 0 aliphatic heterocycles. The highest BCUT2D eigenvalue weighted by molar-refractivity contribution is 5.35. The van der Waals surface area contributed by atoms with Crippen molar-refractivity contribution in [2.24, 2.45) is 10.8 Å². The van der Waals surface area contributed by atoms with Gasteiger partial charge in [-0.1, -0.05) is 33.3 Å². The van der Waals surface area contributed by atoms with E-state index in [1.807, 2.05) is 6.92 Å². The van der Waals surface area contributed by atoms with Crippen LogP contribution < -0.4 is 0 Å². The van der Waals surface area contributed by atoms with Crippen LogP contribution in [-0.2, 0) is 0 Å². The monoisotopic (exact) mass is 222 g/mol. The average Bonchev–Trinajstić information content (AvgIpc) is 1.95. The molecule has 16 heavy (non-hydrogen) atoms. The SMILES string of the molecule is CC1(C)CC2=C(C(C)(C)CCC2)C(C)(O)C1. The maximum absolute atomic E-state index is 10.8. The fourth-order valence-electron chi connectivity index (χ4n) is 4.42. The van der Waals surface area contributed by atoms with E-state index in [9.17, 15) is 5.11 Å². The zero-order chi connectivity index (χ0) is 12.2. The van der Waals surface area contributed by atoms with E-state index in [2.05, 4.69) is 27.7 Å². The fraction of sp³-hybridized carbons (Fsp3) is 0.867. The summed E-state index contributed by atoms with van der Waals surface area (Å²) in [4.78, 5) is 0. The molecule has 0 radical (unpaired) electrons. The van der Waals surface area contributed by atoms with Crippen LogP contribution in [0.15, 0.2) is 11.1 Å². The van der Waals surface area contributed by atoms with E-state index >= 15 is 0 Å². The van der Waals surface area contributed by atoms with Crippen molar-refractivity contribution in [3.8, 4) is 0 Å². The largest absolute Gasteiger partial charge is 0.386 e. The van der Waals surface area contributed by atoms with Crippen molar-refractivity contribution in [1.82, 2.24) is 0 Å². The minimum atomic E-state index is -0.582. The van der Waals surface area contributed by atoms with Crippen LogP contribution in [0.2, 0.25) is 0 Å². The maximum Gasteiger partial charge on any atom is 0.0841 e. The first-order chi connectivity index (χ1) is 7.14. The zero-order valence-corrected chi connectivity index (χ0v) is 11.5. The Hall–Kier alpha value is -0.300. The van der Waals surface area contributed by atoms with Gasteiger partial charge in [0, 0.05) is 0 Å². The Bertz CT molecular complexity index is 331. The Balaban J connectivity index is 2.50. The highest BCUT2D eigenvalue weighted by Crippen LogP contribution is 2.54. The average molecular weight is 222 g/mol. The van der Waals surface area contributed by atoms with E-state index in [0.29, 0.717) is 0 Å². The van der Waals surface area contributed by atoms with Gasteiger partial charge < -0.3 is 5.11 Å². The van der Waals surface area contributed by atoms with Gasteiger partial charge in [-0.2, -0.15) is 0 Å². The van der Waals surface area contributed by atoms with Gasteiger partial charge >= 0.3 is 0 Å². The molecule has 1 unspecified atom stereocenters. The van der Waals surface area contributed by atoms with Crippen LogP contribution >= 0.6 is 0 Å². The first-order valence-electron chi connectivity index (χ1n) is 6.59. The zero-order valence-electron chi connectivity index (χ0n) is 11.5. The summed E-state index contributed by atoms with van der Waals surface area (Å²) in [7, 11) is 0. The summed E-state index contributed by atoms with van der Waals surface area (Å²) in [6.07, 6.45) is 5.81. The van der Waals surface area contributed by atoms with Gasteiger partial charge in [-0.05, 0) is 55.4 Å². The number of hydrogen-bond acceptors (Lipinski definition) is 1. The Morgan fingerprint density at radius 1 is 1.06 bits per heavy atom. The van der Waals surface area contributed by atoms with E-state index in [-0.39, 0.29) is 10.8 Å². The molecule has 0 saturated carbocycles. The molecule has 2 aliphatic rings. The minimum Gasteiger partial charge on any atom is -0.386 e. The van der Waals surface area contributed by atoms with E-state index < -0.39 is 5.60 Å². The third kappa shape index (κ3) is 1.95. The Morgan fingerprint density at radius 2 is 1.69 bits per heavy atom. The molecular weight excluding hydrogens is 196 g/mol. The van der Waals surface area contributed by atoms with Crippen LogP contribution in [-0.4, -0.2) is 10.7 Å². The second-order valence-electron chi connectivity index (χ2n) is 7.51. The lowest BCUT2D eigenvalue weighted by atomic mass is 9.57.